The van der Waals surface area contributed by atoms with Crippen molar-refractivity contribution in [2.45, 2.75) is 19.3 Å². The highest BCUT2D eigenvalue weighted by Crippen LogP contribution is 2.22. The molecule has 2 nitrogen and oxygen atoms in total. The van der Waals surface area contributed by atoms with E-state index in [1.54, 1.807) is 12.1 Å². The van der Waals surface area contributed by atoms with Crippen molar-refractivity contribution in [3.8, 4) is 5.75 Å². The van der Waals surface area contributed by atoms with E-state index in [2.05, 4.69) is 15.9 Å². The van der Waals surface area contributed by atoms with Gasteiger partial charge in [0, 0.05) is 4.47 Å². The van der Waals surface area contributed by atoms with E-state index >= 15 is 0 Å². The fourth-order valence-corrected chi connectivity index (χ4v) is 1.66. The fraction of sp³-hybridized carbons (Fsp3) is 0.364. The van der Waals surface area contributed by atoms with Crippen molar-refractivity contribution in [2.75, 3.05) is 6.61 Å². The van der Waals surface area contributed by atoms with Crippen LogP contribution in [-0.4, -0.2) is 11.6 Å². The Hall–Kier alpha value is -0.680. The molecular weight excluding hydrogens is 293 g/mol. The zero-order chi connectivity index (χ0) is 12.0. The van der Waals surface area contributed by atoms with Crippen molar-refractivity contribution in [3.05, 3.63) is 28.5 Å². The molecule has 2 N–H and O–H groups in total. The number of halogens is 2. The van der Waals surface area contributed by atoms with Gasteiger partial charge in [-0.3, -0.25) is 0 Å². The summed E-state index contributed by atoms with van der Waals surface area (Å²) in [6, 6.07) is 4.62. The SMILES string of the molecule is NC(=S)CCCCOc1cc(Br)ccc1F. The first-order valence-corrected chi connectivity index (χ1v) is 6.16. The molecule has 0 fully saturated rings. The number of ether oxygens (including phenoxy) is 1. The lowest BCUT2D eigenvalue weighted by Gasteiger charge is -2.07. The first-order valence-electron chi connectivity index (χ1n) is 4.96. The van der Waals surface area contributed by atoms with Crippen LogP contribution in [0.4, 0.5) is 4.39 Å². The highest BCUT2D eigenvalue weighted by Gasteiger charge is 2.03. The van der Waals surface area contributed by atoms with Gasteiger partial charge in [-0.2, -0.15) is 0 Å². The first kappa shape index (κ1) is 13.4. The minimum atomic E-state index is -0.349. The van der Waals surface area contributed by atoms with Gasteiger partial charge in [0.05, 0.1) is 11.6 Å². The molecule has 0 saturated heterocycles. The summed E-state index contributed by atoms with van der Waals surface area (Å²) in [6.45, 7) is 0.468. The van der Waals surface area contributed by atoms with Crippen LogP contribution in [0.5, 0.6) is 5.75 Å². The van der Waals surface area contributed by atoms with E-state index in [1.807, 2.05) is 0 Å². The Bertz CT molecular complexity index is 373. The van der Waals surface area contributed by atoms with Crippen LogP contribution >= 0.6 is 28.1 Å². The molecule has 0 spiro atoms. The molecule has 0 unspecified atom stereocenters. The number of hydrogen-bond acceptors (Lipinski definition) is 2. The zero-order valence-electron chi connectivity index (χ0n) is 8.71. The number of hydrogen-bond donors (Lipinski definition) is 1. The van der Waals surface area contributed by atoms with Gasteiger partial charge in [-0.25, -0.2) is 4.39 Å². The second-order valence-corrected chi connectivity index (χ2v) is 4.79. The standard InChI is InChI=1S/C11H13BrFNOS/c12-8-4-5-9(13)10(7-8)15-6-2-1-3-11(14)16/h4-5,7H,1-3,6H2,(H2,14,16). The Balaban J connectivity index is 2.31. The van der Waals surface area contributed by atoms with Crippen LogP contribution in [0.25, 0.3) is 0 Å². The van der Waals surface area contributed by atoms with Crippen LogP contribution in [-0.2, 0) is 0 Å². The first-order chi connectivity index (χ1) is 7.59. The van der Waals surface area contributed by atoms with Gasteiger partial charge < -0.3 is 10.5 Å². The monoisotopic (exact) mass is 305 g/mol. The molecule has 1 rings (SSSR count). The minimum Gasteiger partial charge on any atom is -0.490 e. The Kier molecular flexibility index (Phi) is 5.69. The largest absolute Gasteiger partial charge is 0.490 e. The molecule has 0 aliphatic heterocycles. The molecule has 1 aromatic carbocycles. The summed E-state index contributed by atoms with van der Waals surface area (Å²) < 4.78 is 19.3. The number of unbranched alkanes of at least 4 members (excludes halogenated alkanes) is 1. The summed E-state index contributed by atoms with van der Waals surface area (Å²) in [6.07, 6.45) is 2.38. The molecule has 0 radical (unpaired) electrons. The summed E-state index contributed by atoms with van der Waals surface area (Å²) in [4.78, 5) is 0.508. The van der Waals surface area contributed by atoms with E-state index in [0.29, 0.717) is 18.0 Å². The summed E-state index contributed by atoms with van der Waals surface area (Å²) >= 11 is 8.00. The number of benzene rings is 1. The van der Waals surface area contributed by atoms with E-state index in [1.165, 1.54) is 6.07 Å². The normalized spacial score (nSPS) is 10.1. The molecule has 0 aromatic heterocycles. The molecular formula is C11H13BrFNOS. The van der Waals surface area contributed by atoms with Crippen LogP contribution in [0.1, 0.15) is 19.3 Å². The van der Waals surface area contributed by atoms with Gasteiger partial charge in [-0.1, -0.05) is 28.1 Å². The van der Waals surface area contributed by atoms with E-state index in [9.17, 15) is 4.39 Å². The van der Waals surface area contributed by atoms with Crippen molar-refractivity contribution >= 4 is 33.1 Å². The van der Waals surface area contributed by atoms with Gasteiger partial charge in [0.2, 0.25) is 0 Å². The Morgan fingerprint density at radius 1 is 1.44 bits per heavy atom. The average Bonchev–Trinajstić information content (AvgIpc) is 2.22. The summed E-state index contributed by atoms with van der Waals surface area (Å²) in [5.74, 6) is -0.0813. The highest BCUT2D eigenvalue weighted by molar-refractivity contribution is 9.10. The molecule has 0 aliphatic rings. The molecule has 0 amide bonds. The maximum atomic E-state index is 13.2. The lowest BCUT2D eigenvalue weighted by atomic mass is 10.2. The molecule has 0 saturated carbocycles. The van der Waals surface area contributed by atoms with Gasteiger partial charge in [-0.05, 0) is 37.5 Å². The Labute approximate surface area is 108 Å². The molecule has 0 aliphatic carbocycles. The van der Waals surface area contributed by atoms with Crippen LogP contribution in [0, 0.1) is 5.82 Å². The molecule has 0 bridgehead atoms. The predicted molar refractivity (Wildman–Crippen MR) is 70.2 cm³/mol. The van der Waals surface area contributed by atoms with Gasteiger partial charge in [0.15, 0.2) is 11.6 Å². The zero-order valence-corrected chi connectivity index (χ0v) is 11.1. The van der Waals surface area contributed by atoms with Gasteiger partial charge in [0.1, 0.15) is 0 Å². The molecule has 5 heteroatoms. The molecule has 0 heterocycles. The van der Waals surface area contributed by atoms with E-state index in [0.717, 1.165) is 17.3 Å². The minimum absolute atomic E-state index is 0.268. The third-order valence-electron chi connectivity index (χ3n) is 1.97. The van der Waals surface area contributed by atoms with Crippen molar-refractivity contribution in [2.24, 2.45) is 5.73 Å². The van der Waals surface area contributed by atoms with Crippen molar-refractivity contribution in [1.29, 1.82) is 0 Å². The summed E-state index contributed by atoms with van der Waals surface area (Å²) in [7, 11) is 0. The van der Waals surface area contributed by atoms with Crippen molar-refractivity contribution < 1.29 is 9.13 Å². The third-order valence-corrected chi connectivity index (χ3v) is 2.67. The van der Waals surface area contributed by atoms with E-state index < -0.39 is 0 Å². The molecule has 0 atom stereocenters. The molecule has 1 aromatic rings. The van der Waals surface area contributed by atoms with Crippen LogP contribution in [0.15, 0.2) is 22.7 Å². The van der Waals surface area contributed by atoms with E-state index in [-0.39, 0.29) is 11.6 Å². The number of thiocarbonyl (C=S) groups is 1. The highest BCUT2D eigenvalue weighted by atomic mass is 79.9. The fourth-order valence-electron chi connectivity index (χ4n) is 1.17. The summed E-state index contributed by atoms with van der Waals surface area (Å²) in [5.41, 5.74) is 5.35. The smallest absolute Gasteiger partial charge is 0.165 e. The predicted octanol–water partition coefficient (Wildman–Crippen LogP) is 3.42. The van der Waals surface area contributed by atoms with Crippen LogP contribution in [0.2, 0.25) is 0 Å². The Morgan fingerprint density at radius 3 is 2.88 bits per heavy atom. The second kappa shape index (κ2) is 6.81. The third kappa shape index (κ3) is 4.90. The Morgan fingerprint density at radius 2 is 2.19 bits per heavy atom. The quantitative estimate of drug-likeness (QED) is 0.646. The maximum Gasteiger partial charge on any atom is 0.165 e. The van der Waals surface area contributed by atoms with Crippen LogP contribution < -0.4 is 10.5 Å². The lowest BCUT2D eigenvalue weighted by Crippen LogP contribution is -2.08. The summed E-state index contributed by atoms with van der Waals surface area (Å²) in [5, 5.41) is 0. The lowest BCUT2D eigenvalue weighted by molar-refractivity contribution is 0.293. The molecule has 88 valence electrons. The van der Waals surface area contributed by atoms with Crippen molar-refractivity contribution in [3.63, 3.8) is 0 Å². The average molecular weight is 306 g/mol. The van der Waals surface area contributed by atoms with Gasteiger partial charge >= 0.3 is 0 Å². The topological polar surface area (TPSA) is 35.2 Å². The van der Waals surface area contributed by atoms with Crippen LogP contribution in [0.3, 0.4) is 0 Å². The van der Waals surface area contributed by atoms with Gasteiger partial charge in [0.25, 0.3) is 0 Å². The van der Waals surface area contributed by atoms with E-state index in [4.69, 9.17) is 22.7 Å². The maximum absolute atomic E-state index is 13.2. The van der Waals surface area contributed by atoms with Crippen molar-refractivity contribution in [1.82, 2.24) is 0 Å². The second-order valence-electron chi connectivity index (χ2n) is 3.35. The number of nitrogens with two attached hydrogens (primary N) is 1. The molecule has 16 heavy (non-hydrogen) atoms. The van der Waals surface area contributed by atoms with Gasteiger partial charge in [-0.15, -0.1) is 0 Å². The number of rotatable bonds is 6.